The van der Waals surface area contributed by atoms with Crippen LogP contribution >= 0.6 is 24.4 Å². The molecule has 0 aliphatic carbocycles. The molecule has 2 N–H and O–H groups in total. The Kier molecular flexibility index (Phi) is 48.1. The molecule has 0 bridgehead atoms. The standard InChI is InChI=1S/C52H102N4O4S2/c1-7-9-11-13-15-17-19-21-23-25-27-29-31-33-39-45-57-47-49(59-51(61)53-41-35-37-43-55(3)4)50(60-52(62)54-42-36-38-44-56(5)6)48-58-46-40-34-32-30-28-26-24-22-20-18-16-14-12-10-8-2/h19-22,49-50H,7-18,23-48H2,1-6H3,(H,53,61)(H,54,62)/b21-19-,22-20-. The zero-order chi connectivity index (χ0) is 45.4. The second kappa shape index (κ2) is 49.1. The van der Waals surface area contributed by atoms with Gasteiger partial charge < -0.3 is 39.4 Å². The van der Waals surface area contributed by atoms with Gasteiger partial charge in [0.2, 0.25) is 0 Å². The van der Waals surface area contributed by atoms with Crippen LogP contribution in [-0.4, -0.2) is 113 Å². The lowest BCUT2D eigenvalue weighted by Gasteiger charge is -2.29. The molecule has 0 aliphatic rings. The molecule has 0 amide bonds. The van der Waals surface area contributed by atoms with Crippen molar-refractivity contribution in [2.24, 2.45) is 0 Å². The fourth-order valence-corrected chi connectivity index (χ4v) is 7.68. The smallest absolute Gasteiger partial charge is 0.257 e. The largest absolute Gasteiger partial charge is 0.461 e. The third-order valence-corrected chi connectivity index (χ3v) is 11.7. The molecule has 366 valence electrons. The first kappa shape index (κ1) is 60.7. The van der Waals surface area contributed by atoms with Gasteiger partial charge in [-0.15, -0.1) is 0 Å². The van der Waals surface area contributed by atoms with E-state index in [1.807, 2.05) is 0 Å². The number of thiocarbonyl (C=S) groups is 2. The molecular formula is C52H102N4O4S2. The Balaban J connectivity index is 4.95. The summed E-state index contributed by atoms with van der Waals surface area (Å²) in [4.78, 5) is 4.41. The summed E-state index contributed by atoms with van der Waals surface area (Å²) in [6.07, 6.45) is 46.1. The van der Waals surface area contributed by atoms with Gasteiger partial charge in [0.25, 0.3) is 10.3 Å². The number of allylic oxidation sites excluding steroid dienone is 4. The van der Waals surface area contributed by atoms with E-state index in [0.717, 1.165) is 64.7 Å². The van der Waals surface area contributed by atoms with Crippen LogP contribution < -0.4 is 10.6 Å². The van der Waals surface area contributed by atoms with Crippen LogP contribution in [0.15, 0.2) is 24.3 Å². The molecule has 2 unspecified atom stereocenters. The van der Waals surface area contributed by atoms with E-state index in [0.29, 0.717) is 36.8 Å². The molecule has 0 spiro atoms. The molecule has 0 aromatic heterocycles. The molecule has 0 saturated carbocycles. The average molecular weight is 912 g/mol. The van der Waals surface area contributed by atoms with Crippen LogP contribution in [0.2, 0.25) is 0 Å². The molecule has 0 rings (SSSR count). The van der Waals surface area contributed by atoms with E-state index in [2.05, 4.69) is 86.8 Å². The van der Waals surface area contributed by atoms with Gasteiger partial charge in [-0.1, -0.05) is 141 Å². The molecular weight excluding hydrogens is 809 g/mol. The zero-order valence-corrected chi connectivity index (χ0v) is 43.3. The van der Waals surface area contributed by atoms with Crippen molar-refractivity contribution >= 4 is 34.8 Å². The molecule has 2 atom stereocenters. The molecule has 8 nitrogen and oxygen atoms in total. The number of unbranched alkanes of at least 4 members (excludes halogenated alkanes) is 24. The monoisotopic (exact) mass is 911 g/mol. The van der Waals surface area contributed by atoms with Gasteiger partial charge in [-0.25, -0.2) is 0 Å². The summed E-state index contributed by atoms with van der Waals surface area (Å²) in [5.41, 5.74) is 0. The van der Waals surface area contributed by atoms with Gasteiger partial charge in [-0.2, -0.15) is 0 Å². The SMILES string of the molecule is CCCCCCC/C=C\CCCCCCCCOCC(OC(=S)NCCCCN(C)C)C(COCCCCCCCC/C=C\CCCCCCC)OC(=S)NCCCCN(C)C. The van der Waals surface area contributed by atoms with Crippen molar-refractivity contribution in [2.45, 2.75) is 219 Å². The number of nitrogens with zero attached hydrogens (tertiary/aromatic N) is 2. The molecule has 0 aliphatic heterocycles. The van der Waals surface area contributed by atoms with Gasteiger partial charge in [-0.05, 0) is 156 Å². The van der Waals surface area contributed by atoms with Crippen molar-refractivity contribution in [2.75, 3.05) is 80.8 Å². The van der Waals surface area contributed by atoms with Gasteiger partial charge >= 0.3 is 0 Å². The second-order valence-electron chi connectivity index (χ2n) is 18.1. The third-order valence-electron chi connectivity index (χ3n) is 11.2. The number of nitrogens with one attached hydrogen (secondary N) is 2. The van der Waals surface area contributed by atoms with E-state index >= 15 is 0 Å². The van der Waals surface area contributed by atoms with E-state index in [4.69, 9.17) is 43.4 Å². The number of ether oxygens (including phenoxy) is 4. The predicted molar refractivity (Wildman–Crippen MR) is 278 cm³/mol. The van der Waals surface area contributed by atoms with Crippen LogP contribution in [0, 0.1) is 0 Å². The van der Waals surface area contributed by atoms with Crippen LogP contribution in [-0.2, 0) is 18.9 Å². The Morgan fingerprint density at radius 1 is 0.419 bits per heavy atom. The molecule has 0 heterocycles. The molecule has 10 heteroatoms. The van der Waals surface area contributed by atoms with Gasteiger partial charge in [0, 0.05) is 26.3 Å². The van der Waals surface area contributed by atoms with Gasteiger partial charge in [-0.3, -0.25) is 0 Å². The van der Waals surface area contributed by atoms with Crippen LogP contribution in [0.3, 0.4) is 0 Å². The highest BCUT2D eigenvalue weighted by Crippen LogP contribution is 2.14. The fraction of sp³-hybridized carbons (Fsp3) is 0.885. The van der Waals surface area contributed by atoms with E-state index in [1.54, 1.807) is 0 Å². The first-order chi connectivity index (χ1) is 30.3. The minimum Gasteiger partial charge on any atom is -0.461 e. The second-order valence-corrected chi connectivity index (χ2v) is 18.8. The molecule has 0 radical (unpaired) electrons. The highest BCUT2D eigenvalue weighted by Gasteiger charge is 2.28. The minimum absolute atomic E-state index is 0.362. The van der Waals surface area contributed by atoms with Crippen molar-refractivity contribution in [1.29, 1.82) is 0 Å². The Hall–Kier alpha value is -1.30. The van der Waals surface area contributed by atoms with Crippen LogP contribution in [0.4, 0.5) is 0 Å². The van der Waals surface area contributed by atoms with Crippen LogP contribution in [0.5, 0.6) is 0 Å². The van der Waals surface area contributed by atoms with Crippen LogP contribution in [0.25, 0.3) is 0 Å². The average Bonchev–Trinajstić information content (AvgIpc) is 3.24. The zero-order valence-electron chi connectivity index (χ0n) is 41.7. The lowest BCUT2D eigenvalue weighted by Crippen LogP contribution is -2.45. The Bertz CT molecular complexity index is 937. The minimum atomic E-state index is -0.454. The summed E-state index contributed by atoms with van der Waals surface area (Å²) in [6, 6.07) is 0. The maximum atomic E-state index is 6.40. The summed E-state index contributed by atoms with van der Waals surface area (Å²) < 4.78 is 25.4. The first-order valence-electron chi connectivity index (χ1n) is 25.9. The van der Waals surface area contributed by atoms with Crippen molar-refractivity contribution < 1.29 is 18.9 Å². The van der Waals surface area contributed by atoms with Gasteiger partial charge in [0.1, 0.15) is 0 Å². The van der Waals surface area contributed by atoms with Crippen molar-refractivity contribution in [1.82, 2.24) is 20.4 Å². The van der Waals surface area contributed by atoms with Crippen LogP contribution in [0.1, 0.15) is 206 Å². The molecule has 0 fully saturated rings. The normalized spacial score (nSPS) is 12.8. The lowest BCUT2D eigenvalue weighted by molar-refractivity contribution is -0.0594. The lowest BCUT2D eigenvalue weighted by atomic mass is 10.1. The molecule has 62 heavy (non-hydrogen) atoms. The number of hydrogen-bond acceptors (Lipinski definition) is 8. The Morgan fingerprint density at radius 3 is 1.05 bits per heavy atom. The summed E-state index contributed by atoms with van der Waals surface area (Å²) in [5.74, 6) is 0. The first-order valence-corrected chi connectivity index (χ1v) is 26.8. The molecule has 0 aromatic carbocycles. The van der Waals surface area contributed by atoms with Gasteiger partial charge in [0.15, 0.2) is 12.2 Å². The third kappa shape index (κ3) is 46.7. The Labute approximate surface area is 396 Å². The number of rotatable bonds is 47. The van der Waals surface area contributed by atoms with E-state index in [-0.39, 0.29) is 0 Å². The van der Waals surface area contributed by atoms with Crippen molar-refractivity contribution in [3.63, 3.8) is 0 Å². The van der Waals surface area contributed by atoms with Crippen molar-refractivity contribution in [3.8, 4) is 0 Å². The maximum absolute atomic E-state index is 6.40. The van der Waals surface area contributed by atoms with E-state index in [1.165, 1.54) is 154 Å². The maximum Gasteiger partial charge on any atom is 0.257 e. The topological polar surface area (TPSA) is 67.5 Å². The van der Waals surface area contributed by atoms with Crippen molar-refractivity contribution in [3.05, 3.63) is 24.3 Å². The Morgan fingerprint density at radius 2 is 0.726 bits per heavy atom. The fourth-order valence-electron chi connectivity index (χ4n) is 7.23. The van der Waals surface area contributed by atoms with Gasteiger partial charge in [0.05, 0.1) is 13.2 Å². The molecule has 0 saturated heterocycles. The van der Waals surface area contributed by atoms with E-state index < -0.39 is 12.2 Å². The highest BCUT2D eigenvalue weighted by atomic mass is 32.1. The summed E-state index contributed by atoms with van der Waals surface area (Å²) in [6.45, 7) is 10.3. The summed E-state index contributed by atoms with van der Waals surface area (Å²) in [5, 5.41) is 7.38. The summed E-state index contributed by atoms with van der Waals surface area (Å²) >= 11 is 11.4. The predicted octanol–water partition coefficient (Wildman–Crippen LogP) is 13.5. The highest BCUT2D eigenvalue weighted by molar-refractivity contribution is 7.80. The quantitative estimate of drug-likeness (QED) is 0.0351. The molecule has 0 aromatic rings. The summed E-state index contributed by atoms with van der Waals surface area (Å²) in [7, 11) is 8.41. The number of hydrogen-bond donors (Lipinski definition) is 2. The van der Waals surface area contributed by atoms with E-state index in [9.17, 15) is 0 Å².